The topological polar surface area (TPSA) is 78.8 Å². The van der Waals surface area contributed by atoms with Crippen molar-refractivity contribution in [2.75, 3.05) is 6.54 Å². The molecule has 1 amide bonds. The molecule has 31 heavy (non-hydrogen) atoms. The summed E-state index contributed by atoms with van der Waals surface area (Å²) in [5.74, 6) is -0.577. The van der Waals surface area contributed by atoms with Crippen molar-refractivity contribution >= 4 is 45.3 Å². The van der Waals surface area contributed by atoms with Crippen molar-refractivity contribution in [1.82, 2.24) is 9.73 Å². The van der Waals surface area contributed by atoms with Gasteiger partial charge in [-0.25, -0.2) is 13.8 Å². The summed E-state index contributed by atoms with van der Waals surface area (Å²) in [6, 6.07) is 21.9. The molecule has 3 aromatic carbocycles. The van der Waals surface area contributed by atoms with E-state index in [-0.39, 0.29) is 11.4 Å². The fourth-order valence-electron chi connectivity index (χ4n) is 2.72. The Hall–Kier alpha value is -2.71. The van der Waals surface area contributed by atoms with Gasteiger partial charge in [-0.05, 0) is 35.4 Å². The first-order chi connectivity index (χ1) is 14.9. The number of sulfonamides is 1. The number of rotatable bonds is 8. The van der Waals surface area contributed by atoms with Crippen molar-refractivity contribution in [2.24, 2.45) is 5.10 Å². The lowest BCUT2D eigenvalue weighted by Crippen LogP contribution is -2.39. The van der Waals surface area contributed by atoms with Crippen LogP contribution in [0.15, 0.2) is 88.9 Å². The zero-order chi connectivity index (χ0) is 22.3. The number of carbonyl (C=O) groups is 1. The van der Waals surface area contributed by atoms with Crippen molar-refractivity contribution in [2.45, 2.75) is 11.4 Å². The Morgan fingerprint density at radius 1 is 0.935 bits per heavy atom. The van der Waals surface area contributed by atoms with E-state index in [0.717, 1.165) is 9.87 Å². The number of nitrogens with zero attached hydrogens (tertiary/aromatic N) is 2. The molecule has 0 aliphatic carbocycles. The van der Waals surface area contributed by atoms with E-state index in [1.54, 1.807) is 48.5 Å². The molecule has 3 rings (SSSR count). The van der Waals surface area contributed by atoms with E-state index in [1.807, 2.05) is 18.2 Å². The number of nitrogens with one attached hydrogen (secondary N) is 1. The van der Waals surface area contributed by atoms with Crippen LogP contribution in [0.3, 0.4) is 0 Å². The summed E-state index contributed by atoms with van der Waals surface area (Å²) >= 11 is 11.8. The first-order valence-electron chi connectivity index (χ1n) is 9.22. The molecule has 0 spiro atoms. The van der Waals surface area contributed by atoms with E-state index in [4.69, 9.17) is 23.2 Å². The van der Waals surface area contributed by atoms with Gasteiger partial charge in [0.05, 0.1) is 27.7 Å². The van der Waals surface area contributed by atoms with Crippen molar-refractivity contribution in [1.29, 1.82) is 0 Å². The van der Waals surface area contributed by atoms with Crippen LogP contribution in [-0.4, -0.2) is 31.4 Å². The molecule has 9 heteroatoms. The second-order valence-electron chi connectivity index (χ2n) is 6.54. The van der Waals surface area contributed by atoms with Crippen LogP contribution >= 0.6 is 23.2 Å². The summed E-state index contributed by atoms with van der Waals surface area (Å²) in [6.07, 6.45) is 1.40. The largest absolute Gasteiger partial charge is 0.272 e. The highest BCUT2D eigenvalue weighted by molar-refractivity contribution is 7.89. The molecule has 0 aromatic heterocycles. The summed E-state index contributed by atoms with van der Waals surface area (Å²) in [7, 11) is -3.89. The van der Waals surface area contributed by atoms with Gasteiger partial charge in [0.1, 0.15) is 0 Å². The highest BCUT2D eigenvalue weighted by Gasteiger charge is 2.26. The molecule has 0 saturated heterocycles. The zero-order valence-electron chi connectivity index (χ0n) is 16.3. The Kier molecular flexibility index (Phi) is 7.81. The number of hydrogen-bond donors (Lipinski definition) is 1. The van der Waals surface area contributed by atoms with Crippen LogP contribution in [0.1, 0.15) is 11.1 Å². The van der Waals surface area contributed by atoms with Crippen LogP contribution in [0.5, 0.6) is 0 Å². The van der Waals surface area contributed by atoms with Crippen LogP contribution in [-0.2, 0) is 21.4 Å². The molecular formula is C22H19Cl2N3O3S. The summed E-state index contributed by atoms with van der Waals surface area (Å²) in [5.41, 5.74) is 3.74. The third-order valence-electron chi connectivity index (χ3n) is 4.25. The molecule has 0 aliphatic rings. The smallest absolute Gasteiger partial charge is 0.255 e. The maximum Gasteiger partial charge on any atom is 0.255 e. The van der Waals surface area contributed by atoms with Gasteiger partial charge in [0, 0.05) is 6.54 Å². The van der Waals surface area contributed by atoms with E-state index in [2.05, 4.69) is 10.5 Å². The number of carbonyl (C=O) groups excluding carboxylic acids is 1. The minimum atomic E-state index is -3.89. The van der Waals surface area contributed by atoms with Gasteiger partial charge in [-0.3, -0.25) is 4.79 Å². The summed E-state index contributed by atoms with van der Waals surface area (Å²) in [4.78, 5) is 12.6. The molecule has 0 fully saturated rings. The number of benzene rings is 3. The predicted molar refractivity (Wildman–Crippen MR) is 123 cm³/mol. The number of halogens is 2. The number of amides is 1. The maximum atomic E-state index is 13.1. The molecule has 1 N–H and O–H groups in total. The Morgan fingerprint density at radius 2 is 1.58 bits per heavy atom. The van der Waals surface area contributed by atoms with Crippen LogP contribution in [0.4, 0.5) is 0 Å². The Morgan fingerprint density at radius 3 is 2.23 bits per heavy atom. The molecule has 0 radical (unpaired) electrons. The lowest BCUT2D eigenvalue weighted by Gasteiger charge is -2.21. The summed E-state index contributed by atoms with van der Waals surface area (Å²) in [6.45, 7) is -0.354. The van der Waals surface area contributed by atoms with Crippen molar-refractivity contribution in [3.8, 4) is 0 Å². The molecule has 0 aliphatic heterocycles. The Labute approximate surface area is 191 Å². The van der Waals surface area contributed by atoms with Crippen molar-refractivity contribution < 1.29 is 13.2 Å². The van der Waals surface area contributed by atoms with Gasteiger partial charge in [-0.2, -0.15) is 9.41 Å². The predicted octanol–water partition coefficient (Wildman–Crippen LogP) is 4.33. The molecule has 160 valence electrons. The number of hydrazone groups is 1. The normalized spacial score (nSPS) is 11.7. The highest BCUT2D eigenvalue weighted by atomic mass is 35.5. The van der Waals surface area contributed by atoms with E-state index >= 15 is 0 Å². The third-order valence-corrected chi connectivity index (χ3v) is 6.79. The Balaban J connectivity index is 1.75. The third kappa shape index (κ3) is 6.38. The quantitative estimate of drug-likeness (QED) is 0.388. The lowest BCUT2D eigenvalue weighted by molar-refractivity contribution is -0.121. The van der Waals surface area contributed by atoms with Crippen LogP contribution < -0.4 is 5.43 Å². The second kappa shape index (κ2) is 10.5. The van der Waals surface area contributed by atoms with Crippen LogP contribution in [0.25, 0.3) is 0 Å². The lowest BCUT2D eigenvalue weighted by atomic mass is 10.2. The molecule has 0 heterocycles. The highest BCUT2D eigenvalue weighted by Crippen LogP contribution is 2.22. The molecule has 0 atom stereocenters. The first-order valence-corrected chi connectivity index (χ1v) is 11.4. The molecule has 6 nitrogen and oxygen atoms in total. The van der Waals surface area contributed by atoms with Gasteiger partial charge in [0.2, 0.25) is 10.0 Å². The first kappa shape index (κ1) is 23.0. The fourth-order valence-corrected chi connectivity index (χ4v) is 4.43. The van der Waals surface area contributed by atoms with Crippen molar-refractivity contribution in [3.63, 3.8) is 0 Å². The van der Waals surface area contributed by atoms with Gasteiger partial charge in [0.15, 0.2) is 0 Å². The molecule has 0 saturated carbocycles. The van der Waals surface area contributed by atoms with Gasteiger partial charge in [-0.15, -0.1) is 0 Å². The van der Waals surface area contributed by atoms with Crippen LogP contribution in [0.2, 0.25) is 10.0 Å². The zero-order valence-corrected chi connectivity index (χ0v) is 18.6. The average Bonchev–Trinajstić information content (AvgIpc) is 2.77. The van der Waals surface area contributed by atoms with E-state index < -0.39 is 22.5 Å². The van der Waals surface area contributed by atoms with E-state index in [1.165, 1.54) is 18.3 Å². The van der Waals surface area contributed by atoms with Crippen molar-refractivity contribution in [3.05, 3.63) is 100 Å². The second-order valence-corrected chi connectivity index (χ2v) is 9.29. The molecule has 3 aromatic rings. The fraction of sp³-hybridized carbons (Fsp3) is 0.0909. The SMILES string of the molecule is O=C(CN(Cc1ccccc1)S(=O)(=O)c1ccccc1)NN=Cc1ccc(Cl)c(Cl)c1. The van der Waals surface area contributed by atoms with Crippen LogP contribution in [0, 0.1) is 0 Å². The van der Waals surface area contributed by atoms with Gasteiger partial charge in [-0.1, -0.05) is 77.8 Å². The maximum absolute atomic E-state index is 13.1. The van der Waals surface area contributed by atoms with E-state index in [0.29, 0.717) is 15.6 Å². The Bertz CT molecular complexity index is 1170. The molecule has 0 bridgehead atoms. The number of hydrogen-bond acceptors (Lipinski definition) is 4. The molecular weight excluding hydrogens is 457 g/mol. The standard InChI is InChI=1S/C22H19Cl2N3O3S/c23-20-12-11-18(13-21(20)24)14-25-26-22(28)16-27(15-17-7-3-1-4-8-17)31(29,30)19-9-5-2-6-10-19/h1-14H,15-16H2,(H,26,28). The van der Waals surface area contributed by atoms with Gasteiger partial charge < -0.3 is 0 Å². The minimum Gasteiger partial charge on any atom is -0.272 e. The van der Waals surface area contributed by atoms with Gasteiger partial charge in [0.25, 0.3) is 5.91 Å². The minimum absolute atomic E-state index is 0.0436. The monoisotopic (exact) mass is 475 g/mol. The van der Waals surface area contributed by atoms with Gasteiger partial charge >= 0.3 is 0 Å². The summed E-state index contributed by atoms with van der Waals surface area (Å²) in [5, 5.41) is 4.65. The molecule has 0 unspecified atom stereocenters. The van der Waals surface area contributed by atoms with E-state index in [9.17, 15) is 13.2 Å². The summed E-state index contributed by atoms with van der Waals surface area (Å²) < 4.78 is 27.3. The average molecular weight is 476 g/mol.